The summed E-state index contributed by atoms with van der Waals surface area (Å²) in [7, 11) is 0. The second kappa shape index (κ2) is 14.6. The molecule has 0 aromatic heterocycles. The van der Waals surface area contributed by atoms with Crippen molar-refractivity contribution in [2.75, 3.05) is 6.61 Å². The predicted octanol–water partition coefficient (Wildman–Crippen LogP) is 9.97. The molecule has 2 atom stereocenters. The summed E-state index contributed by atoms with van der Waals surface area (Å²) in [6.45, 7) is -0.896. The minimum absolute atomic E-state index is 0.0812. The van der Waals surface area contributed by atoms with Gasteiger partial charge in [0.25, 0.3) is 0 Å². The molecule has 49 heavy (non-hydrogen) atoms. The van der Waals surface area contributed by atoms with Crippen molar-refractivity contribution in [3.63, 3.8) is 0 Å². The number of ether oxygens (including phenoxy) is 1. The Kier molecular flexibility index (Phi) is 13.1. The summed E-state index contributed by atoms with van der Waals surface area (Å²) >= 11 is 0. The van der Waals surface area contributed by atoms with Crippen LogP contribution in [0.1, 0.15) is 46.5 Å². The van der Waals surface area contributed by atoms with Crippen molar-refractivity contribution in [3.05, 3.63) is 23.8 Å². The zero-order valence-electron chi connectivity index (χ0n) is 24.9. The number of halogens is 18. The summed E-state index contributed by atoms with van der Waals surface area (Å²) in [5.74, 6) is -57.0. The molecule has 0 heterocycles. The fraction of sp³-hybridized carbons (Fsp3) is 0.731. The Labute approximate surface area is 264 Å². The standard InChI is InChI=1S/C26H25F18NO4/c1-4-15(19(27,28)21(31,32)23(35,36)25(39,40)41)14(16(5-2)20(29,30)22(33,34)24(37,38)26(42,43)44)11-48-18(47)49-45-17-9-7-6-8-13(17)10-12(3)46/h6-8,14-16H,4-5,9-11H2,1-3H3. The maximum atomic E-state index is 15.1. The van der Waals surface area contributed by atoms with Gasteiger partial charge in [0.05, 0.1) is 12.3 Å². The number of carbonyl (C=O) groups excluding carboxylic acids is 2. The van der Waals surface area contributed by atoms with Crippen LogP contribution in [0.15, 0.2) is 29.0 Å². The summed E-state index contributed by atoms with van der Waals surface area (Å²) in [6, 6.07) is 0. The molecule has 5 nitrogen and oxygen atoms in total. The zero-order valence-corrected chi connectivity index (χ0v) is 24.9. The molecule has 284 valence electrons. The number of hydrogen-bond acceptors (Lipinski definition) is 5. The van der Waals surface area contributed by atoms with Gasteiger partial charge in [-0.25, -0.2) is 4.79 Å². The lowest BCUT2D eigenvalue weighted by Gasteiger charge is -2.45. The van der Waals surface area contributed by atoms with Crippen molar-refractivity contribution in [3.8, 4) is 0 Å². The number of allylic oxidation sites excluding steroid dienone is 4. The molecule has 1 aliphatic carbocycles. The van der Waals surface area contributed by atoms with E-state index in [4.69, 9.17) is 0 Å². The molecule has 1 aliphatic rings. The van der Waals surface area contributed by atoms with E-state index < -0.39 is 97.0 Å². The summed E-state index contributed by atoms with van der Waals surface area (Å²) in [5.41, 5.74) is -0.150. The number of Topliss-reactive ketones (excluding diaryl/α,β-unsaturated/α-hetero) is 1. The maximum absolute atomic E-state index is 15.1. The SMILES string of the molecule is CCC(C(COC(=O)ON=C1CC=CC=C1CC(C)=O)C(CC)C(F)(F)C(F)(F)C(F)(F)C(F)(F)F)C(F)(F)C(F)(F)C(F)(F)C(F)(F)F. The molecule has 0 N–H and O–H groups in total. The van der Waals surface area contributed by atoms with E-state index in [1.807, 2.05) is 0 Å². The fourth-order valence-electron chi connectivity index (χ4n) is 4.81. The fourth-order valence-corrected chi connectivity index (χ4v) is 4.81. The molecule has 0 spiro atoms. The minimum Gasteiger partial charge on any atom is -0.432 e. The molecule has 0 aromatic carbocycles. The van der Waals surface area contributed by atoms with E-state index in [1.165, 1.54) is 18.2 Å². The quantitative estimate of drug-likeness (QED) is 0.0723. The van der Waals surface area contributed by atoms with E-state index in [0.717, 1.165) is 6.92 Å². The normalized spacial score (nSPS) is 18.6. The Morgan fingerprint density at radius 1 is 0.714 bits per heavy atom. The third kappa shape index (κ3) is 8.25. The molecule has 0 aromatic rings. The van der Waals surface area contributed by atoms with Gasteiger partial charge < -0.3 is 4.74 Å². The Hall–Kier alpha value is -3.17. The molecule has 0 aliphatic heterocycles. The van der Waals surface area contributed by atoms with Crippen molar-refractivity contribution < 1.29 is 98.2 Å². The Balaban J connectivity index is 3.80. The van der Waals surface area contributed by atoms with Crippen LogP contribution in [0.5, 0.6) is 0 Å². The van der Waals surface area contributed by atoms with Gasteiger partial charge in [0, 0.05) is 30.6 Å². The van der Waals surface area contributed by atoms with Gasteiger partial charge >= 0.3 is 54.0 Å². The molecular formula is C26H25F18NO4. The highest BCUT2D eigenvalue weighted by Crippen LogP contribution is 2.61. The smallest absolute Gasteiger partial charge is 0.432 e. The number of alkyl halides is 18. The lowest BCUT2D eigenvalue weighted by Crippen LogP contribution is -2.67. The second-order valence-electron chi connectivity index (χ2n) is 10.6. The highest BCUT2D eigenvalue weighted by molar-refractivity contribution is 6.05. The van der Waals surface area contributed by atoms with Crippen LogP contribution in [0, 0.1) is 17.8 Å². The first kappa shape index (κ1) is 43.9. The number of nitrogens with zero attached hydrogens (tertiary/aromatic N) is 1. The lowest BCUT2D eigenvalue weighted by molar-refractivity contribution is -0.414. The lowest BCUT2D eigenvalue weighted by atomic mass is 9.70. The van der Waals surface area contributed by atoms with E-state index in [9.17, 15) is 71.1 Å². The Morgan fingerprint density at radius 2 is 1.12 bits per heavy atom. The second-order valence-corrected chi connectivity index (χ2v) is 10.6. The van der Waals surface area contributed by atoms with Gasteiger partial charge in [-0.2, -0.15) is 79.0 Å². The molecule has 23 heteroatoms. The van der Waals surface area contributed by atoms with E-state index >= 15 is 17.6 Å². The zero-order chi connectivity index (χ0) is 38.8. The highest BCUT2D eigenvalue weighted by atomic mass is 19.4. The van der Waals surface area contributed by atoms with Gasteiger partial charge in [0.15, 0.2) is 0 Å². The van der Waals surface area contributed by atoms with Crippen molar-refractivity contribution in [1.82, 2.24) is 0 Å². The van der Waals surface area contributed by atoms with Crippen LogP contribution in [0.25, 0.3) is 0 Å². The summed E-state index contributed by atoms with van der Waals surface area (Å²) in [6.07, 6.45) is -17.7. The van der Waals surface area contributed by atoms with Crippen LogP contribution in [0.2, 0.25) is 0 Å². The van der Waals surface area contributed by atoms with Gasteiger partial charge in [-0.05, 0) is 25.3 Å². The van der Waals surface area contributed by atoms with Gasteiger partial charge in [0.1, 0.15) is 5.78 Å². The first-order valence-corrected chi connectivity index (χ1v) is 13.5. The molecule has 0 fully saturated rings. The molecule has 1 rings (SSSR count). The van der Waals surface area contributed by atoms with Crippen LogP contribution >= 0.6 is 0 Å². The van der Waals surface area contributed by atoms with Crippen molar-refractivity contribution in [2.24, 2.45) is 22.9 Å². The average Bonchev–Trinajstić information content (AvgIpc) is 2.93. The van der Waals surface area contributed by atoms with Crippen molar-refractivity contribution >= 4 is 17.7 Å². The highest BCUT2D eigenvalue weighted by Gasteiger charge is 2.85. The first-order chi connectivity index (χ1) is 21.8. The number of hydrogen-bond donors (Lipinski definition) is 0. The topological polar surface area (TPSA) is 65.0 Å². The largest absolute Gasteiger partial charge is 0.535 e. The summed E-state index contributed by atoms with van der Waals surface area (Å²) in [5, 5.41) is 3.21. The number of rotatable bonds is 15. The van der Waals surface area contributed by atoms with Gasteiger partial charge in [-0.1, -0.05) is 37.2 Å². The van der Waals surface area contributed by atoms with Crippen LogP contribution in [-0.2, 0) is 14.4 Å². The molecule has 0 radical (unpaired) electrons. The van der Waals surface area contributed by atoms with Crippen molar-refractivity contribution in [1.29, 1.82) is 0 Å². The van der Waals surface area contributed by atoms with E-state index in [-0.39, 0.29) is 38.0 Å². The third-order valence-corrected chi connectivity index (χ3v) is 7.36. The average molecular weight is 757 g/mol. The number of oxime groups is 1. The third-order valence-electron chi connectivity index (χ3n) is 7.36. The molecule has 0 saturated carbocycles. The summed E-state index contributed by atoms with van der Waals surface area (Å²) < 4.78 is 253. The van der Waals surface area contributed by atoms with E-state index in [1.54, 1.807) is 0 Å². The monoisotopic (exact) mass is 757 g/mol. The van der Waals surface area contributed by atoms with E-state index in [0.29, 0.717) is 0 Å². The van der Waals surface area contributed by atoms with Crippen LogP contribution < -0.4 is 0 Å². The number of carbonyl (C=O) groups is 2. The van der Waals surface area contributed by atoms with E-state index in [2.05, 4.69) is 14.7 Å². The number of ketones is 1. The van der Waals surface area contributed by atoms with Gasteiger partial charge in [0.2, 0.25) is 0 Å². The Bertz CT molecular complexity index is 1230. The molecule has 0 amide bonds. The van der Waals surface area contributed by atoms with Gasteiger partial charge in [-0.15, -0.1) is 0 Å². The molecule has 2 unspecified atom stereocenters. The van der Waals surface area contributed by atoms with Gasteiger partial charge in [-0.3, -0.25) is 9.63 Å². The maximum Gasteiger partial charge on any atom is 0.535 e. The molecule has 0 saturated heterocycles. The predicted molar refractivity (Wildman–Crippen MR) is 130 cm³/mol. The first-order valence-electron chi connectivity index (χ1n) is 13.5. The van der Waals surface area contributed by atoms with Crippen LogP contribution in [0.4, 0.5) is 83.8 Å². The van der Waals surface area contributed by atoms with Crippen molar-refractivity contribution in [2.45, 2.75) is 94.3 Å². The minimum atomic E-state index is -7.69. The van der Waals surface area contributed by atoms with Crippen LogP contribution in [-0.4, -0.2) is 72.1 Å². The Morgan fingerprint density at radius 3 is 1.47 bits per heavy atom. The molecular weight excluding hydrogens is 732 g/mol. The van der Waals surface area contributed by atoms with Crippen LogP contribution in [0.3, 0.4) is 0 Å². The summed E-state index contributed by atoms with van der Waals surface area (Å²) in [4.78, 5) is 27.8. The molecule has 0 bridgehead atoms.